The molecule has 0 atom stereocenters. The highest BCUT2D eigenvalue weighted by atomic mass is 32.2. The minimum atomic E-state index is -3.71. The van der Waals surface area contributed by atoms with E-state index >= 15 is 0 Å². The summed E-state index contributed by atoms with van der Waals surface area (Å²) in [5.41, 5.74) is 6.77. The number of para-hydroxylation sites is 2. The van der Waals surface area contributed by atoms with Crippen LogP contribution in [0.3, 0.4) is 0 Å². The van der Waals surface area contributed by atoms with E-state index in [9.17, 15) is 8.42 Å². The molecule has 0 radical (unpaired) electrons. The second-order valence-corrected chi connectivity index (χ2v) is 6.28. The van der Waals surface area contributed by atoms with Crippen molar-refractivity contribution in [3.8, 4) is 0 Å². The van der Waals surface area contributed by atoms with E-state index in [0.29, 0.717) is 17.2 Å². The lowest BCUT2D eigenvalue weighted by Crippen LogP contribution is -2.31. The quantitative estimate of drug-likeness (QED) is 0.867. The summed E-state index contributed by atoms with van der Waals surface area (Å²) in [5.74, 6) is 0.640. The van der Waals surface area contributed by atoms with Crippen molar-refractivity contribution in [3.05, 3.63) is 36.3 Å². The van der Waals surface area contributed by atoms with Gasteiger partial charge in [-0.05, 0) is 26.0 Å². The van der Waals surface area contributed by atoms with Crippen LogP contribution in [0.4, 0.5) is 11.4 Å². The number of hydrogen-bond acceptors (Lipinski definition) is 4. The van der Waals surface area contributed by atoms with E-state index in [4.69, 9.17) is 5.73 Å². The highest BCUT2D eigenvalue weighted by Gasteiger charge is 2.27. The zero-order valence-electron chi connectivity index (χ0n) is 11.7. The Morgan fingerprint density at radius 1 is 1.35 bits per heavy atom. The first-order valence-corrected chi connectivity index (χ1v) is 7.69. The highest BCUT2D eigenvalue weighted by molar-refractivity contribution is 7.92. The molecule has 0 aliphatic heterocycles. The van der Waals surface area contributed by atoms with Crippen LogP contribution in [0.2, 0.25) is 0 Å². The van der Waals surface area contributed by atoms with Gasteiger partial charge in [0.2, 0.25) is 0 Å². The van der Waals surface area contributed by atoms with Crippen LogP contribution in [-0.2, 0) is 17.1 Å². The molecule has 1 heterocycles. The summed E-state index contributed by atoms with van der Waals surface area (Å²) in [7, 11) is -1.95. The van der Waals surface area contributed by atoms with Crippen molar-refractivity contribution >= 4 is 21.4 Å². The lowest BCUT2D eigenvalue weighted by Gasteiger charge is -2.22. The number of nitrogen functional groups attached to an aromatic ring is 1. The molecule has 108 valence electrons. The van der Waals surface area contributed by atoms with E-state index in [1.165, 1.54) is 10.5 Å². The number of imidazole rings is 1. The van der Waals surface area contributed by atoms with Crippen LogP contribution in [0.5, 0.6) is 0 Å². The second-order valence-electron chi connectivity index (χ2n) is 4.47. The standard InChI is InChI=1S/C13H18N4O2S/c1-4-17(12-8-6-5-7-11(12)14)20(18,19)13-9-16(3)10(2)15-13/h5-9H,4,14H2,1-3H3. The van der Waals surface area contributed by atoms with Gasteiger partial charge in [-0.2, -0.15) is 8.42 Å². The fraction of sp³-hybridized carbons (Fsp3) is 0.308. The molecule has 20 heavy (non-hydrogen) atoms. The average molecular weight is 294 g/mol. The van der Waals surface area contributed by atoms with Crippen molar-refractivity contribution in [1.82, 2.24) is 9.55 Å². The monoisotopic (exact) mass is 294 g/mol. The predicted molar refractivity (Wildman–Crippen MR) is 79.0 cm³/mol. The van der Waals surface area contributed by atoms with Gasteiger partial charge in [0.25, 0.3) is 10.0 Å². The van der Waals surface area contributed by atoms with Gasteiger partial charge in [-0.15, -0.1) is 0 Å². The number of anilines is 2. The number of aryl methyl sites for hydroxylation is 2. The molecule has 2 N–H and O–H groups in total. The lowest BCUT2D eigenvalue weighted by atomic mass is 10.3. The van der Waals surface area contributed by atoms with Crippen LogP contribution in [0.25, 0.3) is 0 Å². The molecule has 7 heteroatoms. The van der Waals surface area contributed by atoms with Gasteiger partial charge in [0.05, 0.1) is 11.4 Å². The predicted octanol–water partition coefficient (Wildman–Crippen LogP) is 1.53. The van der Waals surface area contributed by atoms with Gasteiger partial charge >= 0.3 is 0 Å². The third-order valence-electron chi connectivity index (χ3n) is 3.13. The largest absolute Gasteiger partial charge is 0.397 e. The number of benzene rings is 1. The summed E-state index contributed by atoms with van der Waals surface area (Å²) in [6.07, 6.45) is 1.51. The van der Waals surface area contributed by atoms with Gasteiger partial charge in [0.1, 0.15) is 5.82 Å². The Kier molecular flexibility index (Phi) is 3.71. The van der Waals surface area contributed by atoms with Gasteiger partial charge in [-0.25, -0.2) is 4.98 Å². The molecule has 1 aromatic carbocycles. The van der Waals surface area contributed by atoms with Crippen molar-refractivity contribution in [1.29, 1.82) is 0 Å². The highest BCUT2D eigenvalue weighted by Crippen LogP contribution is 2.27. The summed E-state index contributed by atoms with van der Waals surface area (Å²) < 4.78 is 28.3. The molecule has 0 fully saturated rings. The first-order chi connectivity index (χ1) is 9.37. The zero-order chi connectivity index (χ0) is 14.9. The number of nitrogens with zero attached hydrogens (tertiary/aromatic N) is 3. The first-order valence-electron chi connectivity index (χ1n) is 6.25. The molecule has 0 unspecified atom stereocenters. The number of sulfonamides is 1. The van der Waals surface area contributed by atoms with Gasteiger partial charge in [0.15, 0.2) is 5.03 Å². The molecule has 0 amide bonds. The van der Waals surface area contributed by atoms with Crippen molar-refractivity contribution in [2.24, 2.45) is 7.05 Å². The normalized spacial score (nSPS) is 11.6. The molecule has 0 saturated heterocycles. The molecule has 2 rings (SSSR count). The molecule has 2 aromatic rings. The van der Waals surface area contributed by atoms with Crippen molar-refractivity contribution in [3.63, 3.8) is 0 Å². The molecule has 6 nitrogen and oxygen atoms in total. The van der Waals surface area contributed by atoms with Crippen LogP contribution in [-0.4, -0.2) is 24.5 Å². The van der Waals surface area contributed by atoms with E-state index in [2.05, 4.69) is 4.98 Å². The summed E-state index contributed by atoms with van der Waals surface area (Å²) >= 11 is 0. The Balaban J connectivity index is 2.53. The van der Waals surface area contributed by atoms with Crippen LogP contribution in [0.1, 0.15) is 12.7 Å². The molecule has 1 aromatic heterocycles. The minimum absolute atomic E-state index is 0.0302. The first kappa shape index (κ1) is 14.4. The van der Waals surface area contributed by atoms with Crippen LogP contribution in [0, 0.1) is 6.92 Å². The maximum Gasteiger partial charge on any atom is 0.283 e. The van der Waals surface area contributed by atoms with Crippen molar-refractivity contribution in [2.75, 3.05) is 16.6 Å². The third kappa shape index (κ3) is 2.36. The average Bonchev–Trinajstić information content (AvgIpc) is 2.73. The van der Waals surface area contributed by atoms with Gasteiger partial charge in [-0.3, -0.25) is 4.31 Å². The van der Waals surface area contributed by atoms with E-state index in [-0.39, 0.29) is 11.6 Å². The van der Waals surface area contributed by atoms with Gasteiger partial charge in [-0.1, -0.05) is 12.1 Å². The van der Waals surface area contributed by atoms with Crippen molar-refractivity contribution < 1.29 is 8.42 Å². The Bertz CT molecular complexity index is 702. The Hall–Kier alpha value is -2.02. The topological polar surface area (TPSA) is 81.2 Å². The fourth-order valence-electron chi connectivity index (χ4n) is 1.95. The summed E-state index contributed by atoms with van der Waals surface area (Å²) in [4.78, 5) is 4.10. The Morgan fingerprint density at radius 3 is 2.50 bits per heavy atom. The summed E-state index contributed by atoms with van der Waals surface area (Å²) in [5, 5.41) is 0.0302. The molecule has 0 saturated carbocycles. The second kappa shape index (κ2) is 5.16. The van der Waals surface area contributed by atoms with Crippen LogP contribution >= 0.6 is 0 Å². The smallest absolute Gasteiger partial charge is 0.283 e. The molecule has 0 bridgehead atoms. The number of aromatic nitrogens is 2. The number of hydrogen-bond donors (Lipinski definition) is 1. The zero-order valence-corrected chi connectivity index (χ0v) is 12.6. The van der Waals surface area contributed by atoms with E-state index in [0.717, 1.165) is 0 Å². The summed E-state index contributed by atoms with van der Waals surface area (Å²) in [6.45, 7) is 3.80. The number of rotatable bonds is 4. The maximum absolute atomic E-state index is 12.7. The Labute approximate surface area is 118 Å². The van der Waals surface area contributed by atoms with E-state index < -0.39 is 10.0 Å². The molecule has 0 spiro atoms. The minimum Gasteiger partial charge on any atom is -0.397 e. The maximum atomic E-state index is 12.7. The van der Waals surface area contributed by atoms with E-state index in [1.54, 1.807) is 49.7 Å². The lowest BCUT2D eigenvalue weighted by molar-refractivity contribution is 0.588. The van der Waals surface area contributed by atoms with Crippen molar-refractivity contribution in [2.45, 2.75) is 18.9 Å². The van der Waals surface area contributed by atoms with E-state index in [1.807, 2.05) is 0 Å². The van der Waals surface area contributed by atoms with Gasteiger partial charge < -0.3 is 10.3 Å². The molecule has 0 aliphatic carbocycles. The van der Waals surface area contributed by atoms with Gasteiger partial charge in [0, 0.05) is 19.8 Å². The molecular weight excluding hydrogens is 276 g/mol. The third-order valence-corrected chi connectivity index (χ3v) is 4.89. The van der Waals surface area contributed by atoms with Crippen LogP contribution in [0.15, 0.2) is 35.5 Å². The fourth-order valence-corrected chi connectivity index (χ4v) is 3.48. The van der Waals surface area contributed by atoms with Crippen LogP contribution < -0.4 is 10.0 Å². The number of nitrogens with two attached hydrogens (primary N) is 1. The molecule has 0 aliphatic rings. The molecular formula is C13H18N4O2S. The SMILES string of the molecule is CCN(c1ccccc1N)S(=O)(=O)c1cn(C)c(C)n1. The summed E-state index contributed by atoms with van der Waals surface area (Å²) in [6, 6.07) is 6.89. The Morgan fingerprint density at radius 2 is 2.00 bits per heavy atom.